The average Bonchev–Trinajstić information content (AvgIpc) is 2.55. The van der Waals surface area contributed by atoms with Crippen molar-refractivity contribution in [2.75, 3.05) is 7.11 Å². The van der Waals surface area contributed by atoms with Crippen molar-refractivity contribution in [2.24, 2.45) is 0 Å². The molecule has 1 amide bonds. The molecular formula is C18H17F3INO2. The maximum Gasteiger partial charge on any atom is 0.416 e. The number of halogens is 4. The van der Waals surface area contributed by atoms with Gasteiger partial charge in [0, 0.05) is 3.57 Å². The molecule has 25 heavy (non-hydrogen) atoms. The molecule has 0 radical (unpaired) electrons. The van der Waals surface area contributed by atoms with Gasteiger partial charge in [0.1, 0.15) is 0 Å². The summed E-state index contributed by atoms with van der Waals surface area (Å²) in [7, 11) is 1.37. The number of nitrogens with zero attached hydrogens (tertiary/aromatic N) is 1. The molecule has 0 spiro atoms. The van der Waals surface area contributed by atoms with E-state index in [1.54, 1.807) is 31.2 Å². The Kier molecular flexibility index (Phi) is 6.45. The van der Waals surface area contributed by atoms with Crippen molar-refractivity contribution >= 4 is 28.5 Å². The number of hydrogen-bond donors (Lipinski definition) is 0. The Morgan fingerprint density at radius 2 is 1.88 bits per heavy atom. The quantitative estimate of drug-likeness (QED) is 0.465. The van der Waals surface area contributed by atoms with Crippen molar-refractivity contribution < 1.29 is 22.8 Å². The van der Waals surface area contributed by atoms with Crippen LogP contribution >= 0.6 is 22.6 Å². The molecule has 0 saturated carbocycles. The van der Waals surface area contributed by atoms with Crippen LogP contribution in [-0.2, 0) is 17.4 Å². The van der Waals surface area contributed by atoms with Crippen molar-refractivity contribution in [2.45, 2.75) is 25.6 Å². The lowest BCUT2D eigenvalue weighted by Gasteiger charge is -2.27. The zero-order chi connectivity index (χ0) is 18.6. The number of amides is 1. The van der Waals surface area contributed by atoms with E-state index in [4.69, 9.17) is 4.84 Å². The van der Waals surface area contributed by atoms with Gasteiger partial charge in [0.05, 0.1) is 24.3 Å². The van der Waals surface area contributed by atoms with Gasteiger partial charge < -0.3 is 0 Å². The topological polar surface area (TPSA) is 29.5 Å². The van der Waals surface area contributed by atoms with Crippen LogP contribution in [0.15, 0.2) is 48.5 Å². The van der Waals surface area contributed by atoms with Gasteiger partial charge in [-0.3, -0.25) is 9.63 Å². The highest BCUT2D eigenvalue weighted by atomic mass is 127. The maximum atomic E-state index is 12.8. The third-order valence-corrected chi connectivity index (χ3v) is 4.63. The Bertz CT molecular complexity index is 749. The fourth-order valence-corrected chi connectivity index (χ4v) is 3.13. The van der Waals surface area contributed by atoms with Crippen LogP contribution in [-0.4, -0.2) is 24.1 Å². The molecule has 0 aliphatic heterocycles. The summed E-state index contributed by atoms with van der Waals surface area (Å²) < 4.78 is 39.3. The first-order valence-corrected chi connectivity index (χ1v) is 8.60. The molecule has 3 nitrogen and oxygen atoms in total. The van der Waals surface area contributed by atoms with Crippen molar-refractivity contribution in [1.82, 2.24) is 5.06 Å². The van der Waals surface area contributed by atoms with Crippen LogP contribution in [0.5, 0.6) is 0 Å². The molecule has 0 fully saturated rings. The van der Waals surface area contributed by atoms with E-state index in [9.17, 15) is 18.0 Å². The van der Waals surface area contributed by atoms with Crippen LogP contribution in [0, 0.1) is 3.57 Å². The summed E-state index contributed by atoms with van der Waals surface area (Å²) in [4.78, 5) is 17.9. The molecule has 1 atom stereocenters. The highest BCUT2D eigenvalue weighted by molar-refractivity contribution is 14.1. The summed E-state index contributed by atoms with van der Waals surface area (Å²) in [5.74, 6) is -0.327. The predicted octanol–water partition coefficient (Wildman–Crippen LogP) is 4.94. The fraction of sp³-hybridized carbons (Fsp3) is 0.278. The Balaban J connectivity index is 2.19. The maximum absolute atomic E-state index is 12.8. The third kappa shape index (κ3) is 4.94. The molecule has 7 heteroatoms. The lowest BCUT2D eigenvalue weighted by molar-refractivity contribution is -0.137. The van der Waals surface area contributed by atoms with Crippen LogP contribution in [0.4, 0.5) is 13.2 Å². The van der Waals surface area contributed by atoms with Gasteiger partial charge in [-0.25, -0.2) is 5.06 Å². The highest BCUT2D eigenvalue weighted by Gasteiger charge is 2.31. The second-order valence-electron chi connectivity index (χ2n) is 5.54. The number of hydroxylamine groups is 2. The van der Waals surface area contributed by atoms with Gasteiger partial charge >= 0.3 is 6.18 Å². The number of alkyl halides is 3. The summed E-state index contributed by atoms with van der Waals surface area (Å²) in [5.41, 5.74) is 0.269. The molecule has 0 bridgehead atoms. The number of carbonyl (C=O) groups is 1. The first-order valence-electron chi connectivity index (χ1n) is 7.52. The molecule has 0 saturated heterocycles. The van der Waals surface area contributed by atoms with E-state index in [-0.39, 0.29) is 12.3 Å². The van der Waals surface area contributed by atoms with Crippen LogP contribution in [0.2, 0.25) is 0 Å². The summed E-state index contributed by atoms with van der Waals surface area (Å²) in [6.45, 7) is 1.73. The van der Waals surface area contributed by atoms with E-state index >= 15 is 0 Å². The minimum Gasteiger partial charge on any atom is -0.274 e. The number of hydrogen-bond acceptors (Lipinski definition) is 2. The summed E-state index contributed by atoms with van der Waals surface area (Å²) in [6.07, 6.45) is -4.15. The second kappa shape index (κ2) is 8.18. The highest BCUT2D eigenvalue weighted by Crippen LogP contribution is 2.30. The largest absolute Gasteiger partial charge is 0.416 e. The summed E-state index contributed by atoms with van der Waals surface area (Å²) in [5, 5.41) is 1.19. The van der Waals surface area contributed by atoms with E-state index in [0.717, 1.165) is 15.7 Å². The van der Waals surface area contributed by atoms with Gasteiger partial charge in [-0.2, -0.15) is 13.2 Å². The Labute approximate surface area is 157 Å². The summed E-state index contributed by atoms with van der Waals surface area (Å²) in [6, 6.07) is 11.7. The van der Waals surface area contributed by atoms with E-state index in [1.165, 1.54) is 18.2 Å². The second-order valence-corrected chi connectivity index (χ2v) is 6.71. The molecule has 0 N–H and O–H groups in total. The zero-order valence-corrected chi connectivity index (χ0v) is 15.8. The normalized spacial score (nSPS) is 12.7. The van der Waals surface area contributed by atoms with Crippen molar-refractivity contribution in [3.05, 3.63) is 68.8 Å². The zero-order valence-electron chi connectivity index (χ0n) is 13.7. The van der Waals surface area contributed by atoms with Crippen molar-refractivity contribution in [3.63, 3.8) is 0 Å². The molecule has 134 valence electrons. The van der Waals surface area contributed by atoms with Crippen LogP contribution < -0.4 is 0 Å². The number of rotatable bonds is 5. The molecule has 2 rings (SSSR count). The molecule has 0 unspecified atom stereocenters. The first-order chi connectivity index (χ1) is 11.7. The Morgan fingerprint density at radius 1 is 1.20 bits per heavy atom. The molecule has 0 heterocycles. The molecule has 2 aromatic rings. The molecule has 0 aliphatic rings. The minimum atomic E-state index is -4.39. The standard InChI is InChI=1S/C18H17F3INO2/c1-12(10-13-6-5-7-14(11-13)18(19,20)21)23(25-2)17(24)15-8-3-4-9-16(15)22/h3-9,11-12H,10H2,1-2H3/t12-/m0/s1. The monoisotopic (exact) mass is 463 g/mol. The number of carbonyl (C=O) groups excluding carboxylic acids is 1. The lowest BCUT2D eigenvalue weighted by atomic mass is 10.0. The molecule has 0 aliphatic carbocycles. The molecular weight excluding hydrogens is 446 g/mol. The van der Waals surface area contributed by atoms with E-state index < -0.39 is 17.8 Å². The summed E-state index contributed by atoms with van der Waals surface area (Å²) >= 11 is 2.06. The van der Waals surface area contributed by atoms with Gasteiger partial charge in [0.2, 0.25) is 0 Å². The van der Waals surface area contributed by atoms with Crippen LogP contribution in [0.1, 0.15) is 28.4 Å². The first kappa shape index (κ1) is 19.7. The Hall–Kier alpha value is -1.61. The average molecular weight is 463 g/mol. The van der Waals surface area contributed by atoms with Gasteiger partial charge in [0.15, 0.2) is 0 Å². The molecule has 0 aromatic heterocycles. The van der Waals surface area contributed by atoms with Crippen LogP contribution in [0.25, 0.3) is 0 Å². The van der Waals surface area contributed by atoms with Gasteiger partial charge in [0.25, 0.3) is 5.91 Å². The Morgan fingerprint density at radius 3 is 2.48 bits per heavy atom. The lowest BCUT2D eigenvalue weighted by Crippen LogP contribution is -2.39. The van der Waals surface area contributed by atoms with E-state index in [1.807, 2.05) is 6.07 Å². The number of benzene rings is 2. The van der Waals surface area contributed by atoms with Gasteiger partial charge in [-0.05, 0) is 59.7 Å². The third-order valence-electron chi connectivity index (χ3n) is 3.69. The van der Waals surface area contributed by atoms with Crippen molar-refractivity contribution in [1.29, 1.82) is 0 Å². The van der Waals surface area contributed by atoms with Gasteiger partial charge in [-0.15, -0.1) is 0 Å². The fourth-order valence-electron chi connectivity index (χ4n) is 2.52. The van der Waals surface area contributed by atoms with Gasteiger partial charge in [-0.1, -0.05) is 30.3 Å². The molecule has 2 aromatic carbocycles. The minimum absolute atomic E-state index is 0.243. The smallest absolute Gasteiger partial charge is 0.274 e. The SMILES string of the molecule is CON(C(=O)c1ccccc1I)[C@@H](C)Cc1cccc(C(F)(F)F)c1. The predicted molar refractivity (Wildman–Crippen MR) is 96.9 cm³/mol. The van der Waals surface area contributed by atoms with E-state index in [0.29, 0.717) is 11.1 Å². The van der Waals surface area contributed by atoms with Crippen LogP contribution in [0.3, 0.4) is 0 Å². The van der Waals surface area contributed by atoms with E-state index in [2.05, 4.69) is 22.6 Å². The van der Waals surface area contributed by atoms with Crippen molar-refractivity contribution in [3.8, 4) is 0 Å².